The quantitative estimate of drug-likeness (QED) is 0.858. The standard InChI is InChI=1S/C19H18N4O3/c24-17(22-13-4-2-1-3-5-13)12-6-8-14(9-7-12)23-18(25)15-10-20-11-21-16(15)19(23)26/h6-11,13H,1-5H2,(H,22,24). The number of hydrogen-bond acceptors (Lipinski definition) is 5. The Balaban J connectivity index is 1.51. The van der Waals surface area contributed by atoms with E-state index in [1.54, 1.807) is 24.3 Å². The minimum atomic E-state index is -0.480. The van der Waals surface area contributed by atoms with E-state index in [0.717, 1.165) is 30.6 Å². The second-order valence-electron chi connectivity index (χ2n) is 6.59. The van der Waals surface area contributed by atoms with Crippen LogP contribution in [0.2, 0.25) is 0 Å². The summed E-state index contributed by atoms with van der Waals surface area (Å²) in [5.41, 5.74) is 1.21. The summed E-state index contributed by atoms with van der Waals surface area (Å²) in [7, 11) is 0. The van der Waals surface area contributed by atoms with Crippen molar-refractivity contribution in [1.82, 2.24) is 15.3 Å². The molecule has 0 atom stereocenters. The molecule has 132 valence electrons. The molecular weight excluding hydrogens is 332 g/mol. The van der Waals surface area contributed by atoms with Gasteiger partial charge in [-0.05, 0) is 37.1 Å². The zero-order valence-electron chi connectivity index (χ0n) is 14.1. The molecule has 0 bridgehead atoms. The summed E-state index contributed by atoms with van der Waals surface area (Å²) in [6.45, 7) is 0. The van der Waals surface area contributed by atoms with E-state index in [9.17, 15) is 14.4 Å². The van der Waals surface area contributed by atoms with Gasteiger partial charge in [-0.3, -0.25) is 14.4 Å². The summed E-state index contributed by atoms with van der Waals surface area (Å²) in [5, 5.41) is 3.05. The lowest BCUT2D eigenvalue weighted by atomic mass is 9.95. The molecule has 0 radical (unpaired) electrons. The van der Waals surface area contributed by atoms with Gasteiger partial charge >= 0.3 is 0 Å². The molecule has 1 aromatic heterocycles. The highest BCUT2D eigenvalue weighted by atomic mass is 16.2. The van der Waals surface area contributed by atoms with Crippen LogP contribution in [-0.4, -0.2) is 33.7 Å². The molecule has 2 heterocycles. The van der Waals surface area contributed by atoms with E-state index in [1.165, 1.54) is 18.9 Å². The van der Waals surface area contributed by atoms with Crippen LogP contribution < -0.4 is 10.2 Å². The minimum Gasteiger partial charge on any atom is -0.349 e. The summed E-state index contributed by atoms with van der Waals surface area (Å²) in [6, 6.07) is 6.69. The predicted octanol–water partition coefficient (Wildman–Crippen LogP) is 2.34. The molecule has 1 fully saturated rings. The van der Waals surface area contributed by atoms with Crippen molar-refractivity contribution >= 4 is 23.4 Å². The van der Waals surface area contributed by atoms with Gasteiger partial charge in [0.05, 0.1) is 11.3 Å². The minimum absolute atomic E-state index is 0.101. The average molecular weight is 350 g/mol. The Morgan fingerprint density at radius 2 is 1.77 bits per heavy atom. The number of nitrogens with zero attached hydrogens (tertiary/aromatic N) is 3. The van der Waals surface area contributed by atoms with Crippen LogP contribution in [-0.2, 0) is 0 Å². The summed E-state index contributed by atoms with van der Waals surface area (Å²) in [6.07, 6.45) is 8.13. The van der Waals surface area contributed by atoms with Gasteiger partial charge in [0.15, 0.2) is 0 Å². The highest BCUT2D eigenvalue weighted by Crippen LogP contribution is 2.27. The lowest BCUT2D eigenvalue weighted by molar-refractivity contribution is 0.0916. The molecule has 7 heteroatoms. The number of rotatable bonds is 3. The van der Waals surface area contributed by atoms with E-state index >= 15 is 0 Å². The summed E-state index contributed by atoms with van der Waals surface area (Å²) < 4.78 is 0. The van der Waals surface area contributed by atoms with E-state index in [4.69, 9.17) is 0 Å². The molecule has 0 unspecified atom stereocenters. The second kappa shape index (κ2) is 6.67. The number of hydrogen-bond donors (Lipinski definition) is 1. The fraction of sp³-hybridized carbons (Fsp3) is 0.316. The molecule has 1 saturated carbocycles. The Kier molecular flexibility index (Phi) is 4.20. The molecule has 26 heavy (non-hydrogen) atoms. The average Bonchev–Trinajstić information content (AvgIpc) is 2.94. The van der Waals surface area contributed by atoms with Crippen LogP contribution in [0.15, 0.2) is 36.8 Å². The Labute approximate surface area is 150 Å². The molecule has 2 aliphatic rings. The lowest BCUT2D eigenvalue weighted by Gasteiger charge is -2.22. The Hall–Kier alpha value is -3.09. The Bertz CT molecular complexity index is 838. The SMILES string of the molecule is O=C(NC1CCCCC1)c1ccc(N2C(=O)c3cncnc3C2=O)cc1. The number of anilines is 1. The van der Waals surface area contributed by atoms with Crippen LogP contribution in [0, 0.1) is 0 Å². The van der Waals surface area contributed by atoms with Crippen molar-refractivity contribution in [2.75, 3.05) is 4.90 Å². The van der Waals surface area contributed by atoms with Gasteiger partial charge in [-0.15, -0.1) is 0 Å². The number of benzene rings is 1. The van der Waals surface area contributed by atoms with Crippen molar-refractivity contribution in [3.8, 4) is 0 Å². The van der Waals surface area contributed by atoms with Crippen LogP contribution >= 0.6 is 0 Å². The van der Waals surface area contributed by atoms with E-state index in [0.29, 0.717) is 11.3 Å². The molecular formula is C19H18N4O3. The van der Waals surface area contributed by atoms with E-state index in [2.05, 4.69) is 15.3 Å². The fourth-order valence-corrected chi connectivity index (χ4v) is 3.49. The van der Waals surface area contributed by atoms with Crippen molar-refractivity contribution in [1.29, 1.82) is 0 Å². The van der Waals surface area contributed by atoms with Crippen molar-refractivity contribution < 1.29 is 14.4 Å². The maximum Gasteiger partial charge on any atom is 0.284 e. The third kappa shape index (κ3) is 2.85. The topological polar surface area (TPSA) is 92.3 Å². The maximum absolute atomic E-state index is 12.4. The first-order chi connectivity index (χ1) is 12.6. The first-order valence-corrected chi connectivity index (χ1v) is 8.75. The molecule has 1 N–H and O–H groups in total. The third-order valence-corrected chi connectivity index (χ3v) is 4.88. The highest BCUT2D eigenvalue weighted by Gasteiger charge is 2.38. The zero-order chi connectivity index (χ0) is 18.1. The van der Waals surface area contributed by atoms with Crippen LogP contribution in [0.3, 0.4) is 0 Å². The molecule has 3 amide bonds. The van der Waals surface area contributed by atoms with Crippen molar-refractivity contribution in [3.05, 3.63) is 53.6 Å². The highest BCUT2D eigenvalue weighted by molar-refractivity contribution is 6.33. The molecule has 1 aliphatic heterocycles. The number of carbonyl (C=O) groups excluding carboxylic acids is 3. The molecule has 4 rings (SSSR count). The van der Waals surface area contributed by atoms with Gasteiger partial charge < -0.3 is 5.32 Å². The molecule has 0 saturated heterocycles. The zero-order valence-corrected chi connectivity index (χ0v) is 14.1. The lowest BCUT2D eigenvalue weighted by Crippen LogP contribution is -2.36. The van der Waals surface area contributed by atoms with Crippen LogP contribution in [0.1, 0.15) is 63.3 Å². The second-order valence-corrected chi connectivity index (χ2v) is 6.59. The normalized spacial score (nSPS) is 17.3. The number of aromatic nitrogens is 2. The maximum atomic E-state index is 12.4. The molecule has 1 aliphatic carbocycles. The monoisotopic (exact) mass is 350 g/mol. The first-order valence-electron chi connectivity index (χ1n) is 8.75. The van der Waals surface area contributed by atoms with Crippen molar-refractivity contribution in [2.45, 2.75) is 38.1 Å². The number of amides is 3. The smallest absolute Gasteiger partial charge is 0.284 e. The largest absolute Gasteiger partial charge is 0.349 e. The van der Waals surface area contributed by atoms with Crippen LogP contribution in [0.5, 0.6) is 0 Å². The molecule has 2 aromatic rings. The van der Waals surface area contributed by atoms with Gasteiger partial charge in [-0.25, -0.2) is 14.9 Å². The van der Waals surface area contributed by atoms with Gasteiger partial charge in [0.25, 0.3) is 17.7 Å². The van der Waals surface area contributed by atoms with Gasteiger partial charge in [-0.2, -0.15) is 0 Å². The Morgan fingerprint density at radius 3 is 2.46 bits per heavy atom. The van der Waals surface area contributed by atoms with E-state index in [-0.39, 0.29) is 23.2 Å². The summed E-state index contributed by atoms with van der Waals surface area (Å²) >= 11 is 0. The van der Waals surface area contributed by atoms with Crippen molar-refractivity contribution in [2.24, 2.45) is 0 Å². The van der Waals surface area contributed by atoms with Gasteiger partial charge in [-0.1, -0.05) is 19.3 Å². The molecule has 7 nitrogen and oxygen atoms in total. The van der Waals surface area contributed by atoms with Gasteiger partial charge in [0, 0.05) is 17.8 Å². The third-order valence-electron chi connectivity index (χ3n) is 4.88. The van der Waals surface area contributed by atoms with Gasteiger partial charge in [0.1, 0.15) is 12.0 Å². The van der Waals surface area contributed by atoms with E-state index < -0.39 is 11.8 Å². The Morgan fingerprint density at radius 1 is 1.04 bits per heavy atom. The predicted molar refractivity (Wildman–Crippen MR) is 94.0 cm³/mol. The molecule has 1 aromatic carbocycles. The van der Waals surface area contributed by atoms with E-state index in [1.807, 2.05) is 0 Å². The summed E-state index contributed by atoms with van der Waals surface area (Å²) in [4.78, 5) is 46.0. The molecule has 0 spiro atoms. The van der Waals surface area contributed by atoms with Crippen molar-refractivity contribution in [3.63, 3.8) is 0 Å². The summed E-state index contributed by atoms with van der Waals surface area (Å²) in [5.74, 6) is -1.06. The fourth-order valence-electron chi connectivity index (χ4n) is 3.49. The van der Waals surface area contributed by atoms with Crippen LogP contribution in [0.4, 0.5) is 5.69 Å². The van der Waals surface area contributed by atoms with Gasteiger partial charge in [0.2, 0.25) is 0 Å². The number of imide groups is 1. The number of fused-ring (bicyclic) bond motifs is 1. The first kappa shape index (κ1) is 16.4. The number of nitrogens with one attached hydrogen (secondary N) is 1. The van der Waals surface area contributed by atoms with Crippen LogP contribution in [0.25, 0.3) is 0 Å². The number of carbonyl (C=O) groups is 3.